The lowest BCUT2D eigenvalue weighted by Gasteiger charge is -2.30. The number of likely N-dealkylation sites (tertiary alicyclic amines) is 1. The third-order valence-corrected chi connectivity index (χ3v) is 4.64. The zero-order valence-corrected chi connectivity index (χ0v) is 12.3. The van der Waals surface area contributed by atoms with Gasteiger partial charge in [0.05, 0.1) is 6.54 Å². The first-order chi connectivity index (χ1) is 9.81. The number of hydrogen-bond donors (Lipinski definition) is 1. The topological polar surface area (TPSA) is 42.4 Å². The lowest BCUT2D eigenvalue weighted by Crippen LogP contribution is -2.33. The van der Waals surface area contributed by atoms with Gasteiger partial charge in [0.2, 0.25) is 0 Å². The molecule has 2 heterocycles. The molecule has 3 rings (SSSR count). The number of piperidine rings is 1. The van der Waals surface area contributed by atoms with Gasteiger partial charge in [-0.3, -0.25) is 4.90 Å². The van der Waals surface area contributed by atoms with E-state index in [-0.39, 0.29) is 0 Å². The maximum atomic E-state index is 6.02. The second-order valence-electron chi connectivity index (χ2n) is 5.83. The monoisotopic (exact) mass is 272 g/mol. The molecule has 0 bridgehead atoms. The molecular formula is C17H24N2O. The van der Waals surface area contributed by atoms with Crippen LogP contribution in [0.5, 0.6) is 0 Å². The second-order valence-corrected chi connectivity index (χ2v) is 5.83. The third kappa shape index (κ3) is 2.60. The van der Waals surface area contributed by atoms with E-state index in [9.17, 15) is 0 Å². The molecule has 2 aromatic rings. The highest BCUT2D eigenvalue weighted by Crippen LogP contribution is 2.28. The maximum absolute atomic E-state index is 6.02. The van der Waals surface area contributed by atoms with Crippen molar-refractivity contribution in [3.05, 3.63) is 35.6 Å². The van der Waals surface area contributed by atoms with Crippen molar-refractivity contribution in [3.63, 3.8) is 0 Å². The number of nitrogens with two attached hydrogens (primary N) is 1. The van der Waals surface area contributed by atoms with E-state index in [0.29, 0.717) is 6.54 Å². The Bertz CT molecular complexity index is 567. The molecule has 1 aromatic carbocycles. The quantitative estimate of drug-likeness (QED) is 0.926. The van der Waals surface area contributed by atoms with E-state index in [1.54, 1.807) is 0 Å². The van der Waals surface area contributed by atoms with Crippen molar-refractivity contribution in [2.75, 3.05) is 13.1 Å². The number of hydrogen-bond acceptors (Lipinski definition) is 3. The van der Waals surface area contributed by atoms with Crippen molar-refractivity contribution in [1.82, 2.24) is 4.90 Å². The van der Waals surface area contributed by atoms with Crippen LogP contribution in [-0.4, -0.2) is 18.0 Å². The van der Waals surface area contributed by atoms with E-state index in [4.69, 9.17) is 10.2 Å². The van der Waals surface area contributed by atoms with Crippen molar-refractivity contribution in [2.24, 2.45) is 11.7 Å². The summed E-state index contributed by atoms with van der Waals surface area (Å²) in [6.07, 6.45) is 3.94. The standard InChI is InChI=1S/C17H24N2O/c1-2-13-7-9-19(10-8-13)12-17-15(11-18)14-5-3-4-6-16(14)20-17/h3-6,13H,2,7-12,18H2,1H3. The molecule has 0 saturated carbocycles. The molecular weight excluding hydrogens is 248 g/mol. The molecule has 3 nitrogen and oxygen atoms in total. The second kappa shape index (κ2) is 5.98. The Balaban J connectivity index is 1.77. The Kier molecular flexibility index (Phi) is 4.08. The average molecular weight is 272 g/mol. The molecule has 0 unspecified atom stereocenters. The highest BCUT2D eigenvalue weighted by atomic mass is 16.3. The van der Waals surface area contributed by atoms with Crippen molar-refractivity contribution < 1.29 is 4.42 Å². The number of benzene rings is 1. The van der Waals surface area contributed by atoms with E-state index < -0.39 is 0 Å². The lowest BCUT2D eigenvalue weighted by molar-refractivity contribution is 0.165. The van der Waals surface area contributed by atoms with Crippen LogP contribution in [0, 0.1) is 5.92 Å². The Morgan fingerprint density at radius 3 is 2.70 bits per heavy atom. The summed E-state index contributed by atoms with van der Waals surface area (Å²) in [5.74, 6) is 1.97. The first-order valence-corrected chi connectivity index (χ1v) is 7.73. The van der Waals surface area contributed by atoms with E-state index in [1.165, 1.54) is 43.3 Å². The third-order valence-electron chi connectivity index (χ3n) is 4.64. The first-order valence-electron chi connectivity index (χ1n) is 7.73. The van der Waals surface area contributed by atoms with E-state index in [1.807, 2.05) is 18.2 Å². The van der Waals surface area contributed by atoms with E-state index >= 15 is 0 Å². The molecule has 3 heteroatoms. The van der Waals surface area contributed by atoms with Crippen molar-refractivity contribution >= 4 is 11.0 Å². The molecule has 1 fully saturated rings. The van der Waals surface area contributed by atoms with Gasteiger partial charge in [0.25, 0.3) is 0 Å². The molecule has 0 spiro atoms. The van der Waals surface area contributed by atoms with Crippen LogP contribution in [0.25, 0.3) is 11.0 Å². The minimum absolute atomic E-state index is 0.553. The smallest absolute Gasteiger partial charge is 0.134 e. The summed E-state index contributed by atoms with van der Waals surface area (Å²) in [4.78, 5) is 2.50. The molecule has 1 aromatic heterocycles. The van der Waals surface area contributed by atoms with Crippen LogP contribution in [0.2, 0.25) is 0 Å². The van der Waals surface area contributed by atoms with Gasteiger partial charge in [-0.2, -0.15) is 0 Å². The molecule has 0 aliphatic carbocycles. The minimum atomic E-state index is 0.553. The van der Waals surface area contributed by atoms with Gasteiger partial charge in [-0.1, -0.05) is 31.5 Å². The molecule has 1 aliphatic heterocycles. The zero-order chi connectivity index (χ0) is 13.9. The largest absolute Gasteiger partial charge is 0.459 e. The predicted octanol–water partition coefficient (Wildman–Crippen LogP) is 3.51. The Morgan fingerprint density at radius 1 is 1.25 bits per heavy atom. The molecule has 1 saturated heterocycles. The van der Waals surface area contributed by atoms with Gasteiger partial charge in [0.1, 0.15) is 11.3 Å². The predicted molar refractivity (Wildman–Crippen MR) is 82.4 cm³/mol. The van der Waals surface area contributed by atoms with E-state index in [0.717, 1.165) is 23.8 Å². The summed E-state index contributed by atoms with van der Waals surface area (Å²) in [6.45, 7) is 6.11. The molecule has 108 valence electrons. The SMILES string of the molecule is CCC1CCN(Cc2oc3ccccc3c2CN)CC1. The summed E-state index contributed by atoms with van der Waals surface area (Å²) in [5.41, 5.74) is 8.07. The fourth-order valence-electron chi connectivity index (χ4n) is 3.26. The van der Waals surface area contributed by atoms with Crippen LogP contribution in [0.1, 0.15) is 37.5 Å². The summed E-state index contributed by atoms with van der Waals surface area (Å²) in [5, 5.41) is 1.17. The number of para-hydroxylation sites is 1. The summed E-state index contributed by atoms with van der Waals surface area (Å²) in [7, 11) is 0. The fraction of sp³-hybridized carbons (Fsp3) is 0.529. The van der Waals surface area contributed by atoms with E-state index in [2.05, 4.69) is 17.9 Å². The molecule has 0 radical (unpaired) electrons. The molecule has 0 atom stereocenters. The van der Waals surface area contributed by atoms with Gasteiger partial charge < -0.3 is 10.2 Å². The highest BCUT2D eigenvalue weighted by molar-refractivity contribution is 5.82. The number of furan rings is 1. The lowest BCUT2D eigenvalue weighted by atomic mass is 9.94. The summed E-state index contributed by atoms with van der Waals surface area (Å²) >= 11 is 0. The highest BCUT2D eigenvalue weighted by Gasteiger charge is 2.21. The molecule has 2 N–H and O–H groups in total. The van der Waals surface area contributed by atoms with Crippen LogP contribution in [0.15, 0.2) is 28.7 Å². The van der Waals surface area contributed by atoms with Crippen LogP contribution in [0.4, 0.5) is 0 Å². The van der Waals surface area contributed by atoms with Crippen molar-refractivity contribution in [3.8, 4) is 0 Å². The Hall–Kier alpha value is -1.32. The average Bonchev–Trinajstić information content (AvgIpc) is 2.85. The summed E-state index contributed by atoms with van der Waals surface area (Å²) in [6, 6.07) is 8.20. The van der Waals surface area contributed by atoms with Gasteiger partial charge >= 0.3 is 0 Å². The Morgan fingerprint density at radius 2 is 2.00 bits per heavy atom. The van der Waals surface area contributed by atoms with Gasteiger partial charge in [-0.05, 0) is 37.9 Å². The normalized spacial score (nSPS) is 17.9. The molecule has 0 amide bonds. The Labute approximate surface area is 120 Å². The number of rotatable bonds is 4. The van der Waals surface area contributed by atoms with Gasteiger partial charge in [0.15, 0.2) is 0 Å². The van der Waals surface area contributed by atoms with Crippen molar-refractivity contribution in [1.29, 1.82) is 0 Å². The molecule has 20 heavy (non-hydrogen) atoms. The van der Waals surface area contributed by atoms with Gasteiger partial charge in [-0.15, -0.1) is 0 Å². The van der Waals surface area contributed by atoms with Crippen molar-refractivity contribution in [2.45, 2.75) is 39.3 Å². The number of fused-ring (bicyclic) bond motifs is 1. The first kappa shape index (κ1) is 13.7. The van der Waals surface area contributed by atoms with Crippen LogP contribution in [-0.2, 0) is 13.1 Å². The van der Waals surface area contributed by atoms with Crippen LogP contribution >= 0.6 is 0 Å². The minimum Gasteiger partial charge on any atom is -0.459 e. The van der Waals surface area contributed by atoms with Crippen LogP contribution < -0.4 is 5.73 Å². The molecule has 1 aliphatic rings. The fourth-order valence-corrected chi connectivity index (χ4v) is 3.26. The van der Waals surface area contributed by atoms with Gasteiger partial charge in [0, 0.05) is 17.5 Å². The zero-order valence-electron chi connectivity index (χ0n) is 12.3. The summed E-state index contributed by atoms with van der Waals surface area (Å²) < 4.78 is 6.02. The van der Waals surface area contributed by atoms with Gasteiger partial charge in [-0.25, -0.2) is 0 Å². The maximum Gasteiger partial charge on any atom is 0.134 e. The van der Waals surface area contributed by atoms with Crippen LogP contribution in [0.3, 0.4) is 0 Å². The number of nitrogens with zero attached hydrogens (tertiary/aromatic N) is 1.